The summed E-state index contributed by atoms with van der Waals surface area (Å²) in [4.78, 5) is 0. The molecule has 3 aliphatic rings. The Morgan fingerprint density at radius 1 is 0.640 bits per heavy atom. The SMILES string of the molecule is CC#CC#CC1(C2CCC(C)CC2)CCC(C2CCC(C)CC2)CC1. The molecule has 0 spiro atoms. The van der Waals surface area contributed by atoms with E-state index in [1.807, 2.05) is 6.92 Å². The van der Waals surface area contributed by atoms with Gasteiger partial charge in [0.05, 0.1) is 0 Å². The van der Waals surface area contributed by atoms with Crippen LogP contribution in [-0.2, 0) is 0 Å². The quantitative estimate of drug-likeness (QED) is 0.483. The van der Waals surface area contributed by atoms with Gasteiger partial charge in [-0.05, 0) is 99.7 Å². The van der Waals surface area contributed by atoms with Crippen molar-refractivity contribution >= 4 is 0 Å². The first-order chi connectivity index (χ1) is 12.1. The highest BCUT2D eigenvalue weighted by atomic mass is 14.5. The van der Waals surface area contributed by atoms with Crippen LogP contribution in [0.25, 0.3) is 0 Å². The van der Waals surface area contributed by atoms with Crippen molar-refractivity contribution in [2.24, 2.45) is 35.0 Å². The van der Waals surface area contributed by atoms with E-state index in [1.165, 1.54) is 77.0 Å². The van der Waals surface area contributed by atoms with Gasteiger partial charge in [-0.2, -0.15) is 0 Å². The van der Waals surface area contributed by atoms with Crippen molar-refractivity contribution in [1.82, 2.24) is 0 Å². The van der Waals surface area contributed by atoms with Crippen LogP contribution in [0.3, 0.4) is 0 Å². The minimum absolute atomic E-state index is 0.294. The predicted octanol–water partition coefficient (Wildman–Crippen LogP) is 6.84. The molecule has 0 N–H and O–H groups in total. The third-order valence-electron chi connectivity index (χ3n) is 7.95. The molecular weight excluding hydrogens is 300 g/mol. The van der Waals surface area contributed by atoms with Crippen LogP contribution in [0.2, 0.25) is 0 Å². The summed E-state index contributed by atoms with van der Waals surface area (Å²) in [5.41, 5.74) is 0.294. The summed E-state index contributed by atoms with van der Waals surface area (Å²) in [6.07, 6.45) is 17.1. The summed E-state index contributed by atoms with van der Waals surface area (Å²) in [5, 5.41) is 0. The lowest BCUT2D eigenvalue weighted by atomic mass is 9.57. The molecule has 3 aliphatic carbocycles. The molecule has 3 rings (SSSR count). The van der Waals surface area contributed by atoms with Gasteiger partial charge in [-0.15, -0.1) is 0 Å². The molecule has 0 saturated heterocycles. The highest BCUT2D eigenvalue weighted by Crippen LogP contribution is 2.52. The summed E-state index contributed by atoms with van der Waals surface area (Å²) in [7, 11) is 0. The zero-order valence-corrected chi connectivity index (χ0v) is 16.9. The maximum atomic E-state index is 3.73. The van der Waals surface area contributed by atoms with Crippen molar-refractivity contribution < 1.29 is 0 Å². The molecule has 0 amide bonds. The van der Waals surface area contributed by atoms with Crippen LogP contribution in [0.1, 0.15) is 97.8 Å². The molecule has 0 heteroatoms. The van der Waals surface area contributed by atoms with E-state index in [0.29, 0.717) is 5.41 Å². The molecule has 0 unspecified atom stereocenters. The zero-order valence-electron chi connectivity index (χ0n) is 16.9. The minimum atomic E-state index is 0.294. The van der Waals surface area contributed by atoms with Gasteiger partial charge in [0, 0.05) is 5.41 Å². The van der Waals surface area contributed by atoms with Crippen molar-refractivity contribution in [2.45, 2.75) is 97.8 Å². The predicted molar refractivity (Wildman–Crippen MR) is 108 cm³/mol. The molecule has 3 fully saturated rings. The standard InChI is InChI=1S/C25H38/c1-4-5-6-17-25(24-13-9-21(3)10-14-24)18-15-23(16-19-25)22-11-7-20(2)8-12-22/h20-24H,7-16,18-19H2,1-3H3. The van der Waals surface area contributed by atoms with E-state index < -0.39 is 0 Å². The van der Waals surface area contributed by atoms with Crippen LogP contribution in [0.5, 0.6) is 0 Å². The third-order valence-corrected chi connectivity index (χ3v) is 7.95. The Labute approximate surface area is 156 Å². The van der Waals surface area contributed by atoms with E-state index in [0.717, 1.165) is 29.6 Å². The average Bonchev–Trinajstić information content (AvgIpc) is 2.64. The molecule has 0 aromatic rings. The maximum absolute atomic E-state index is 3.73. The maximum Gasteiger partial charge on any atom is 0.0353 e. The van der Waals surface area contributed by atoms with E-state index >= 15 is 0 Å². The summed E-state index contributed by atoms with van der Waals surface area (Å²) in [5.74, 6) is 17.7. The van der Waals surface area contributed by atoms with Gasteiger partial charge < -0.3 is 0 Å². The van der Waals surface area contributed by atoms with Crippen molar-refractivity contribution in [3.63, 3.8) is 0 Å². The third kappa shape index (κ3) is 4.64. The molecule has 0 heterocycles. The molecule has 0 nitrogen and oxygen atoms in total. The monoisotopic (exact) mass is 338 g/mol. The number of hydrogen-bond acceptors (Lipinski definition) is 0. The molecule has 0 radical (unpaired) electrons. The summed E-state index contributed by atoms with van der Waals surface area (Å²) in [6.45, 7) is 6.78. The van der Waals surface area contributed by atoms with E-state index in [2.05, 4.69) is 37.5 Å². The van der Waals surface area contributed by atoms with E-state index in [4.69, 9.17) is 0 Å². The van der Waals surface area contributed by atoms with Gasteiger partial charge in [0.25, 0.3) is 0 Å². The Hall–Kier alpha value is -0.880. The van der Waals surface area contributed by atoms with Crippen molar-refractivity contribution in [3.8, 4) is 23.7 Å². The second-order valence-electron chi connectivity index (χ2n) is 9.60. The molecule has 0 atom stereocenters. The number of rotatable bonds is 2. The Morgan fingerprint density at radius 3 is 1.72 bits per heavy atom. The molecule has 25 heavy (non-hydrogen) atoms. The van der Waals surface area contributed by atoms with E-state index in [9.17, 15) is 0 Å². The van der Waals surface area contributed by atoms with Crippen LogP contribution in [0, 0.1) is 58.7 Å². The number of hydrogen-bond donors (Lipinski definition) is 0. The van der Waals surface area contributed by atoms with E-state index in [-0.39, 0.29) is 0 Å². The fraction of sp³-hybridized carbons (Fsp3) is 0.840. The second kappa shape index (κ2) is 8.67. The minimum Gasteiger partial charge on any atom is -0.0925 e. The summed E-state index contributed by atoms with van der Waals surface area (Å²) in [6, 6.07) is 0. The fourth-order valence-corrected chi connectivity index (χ4v) is 6.05. The molecular formula is C25H38. The topological polar surface area (TPSA) is 0 Å². The lowest BCUT2D eigenvalue weighted by molar-refractivity contribution is 0.0656. The Morgan fingerprint density at radius 2 is 1.16 bits per heavy atom. The first-order valence-corrected chi connectivity index (χ1v) is 11.1. The van der Waals surface area contributed by atoms with Crippen LogP contribution >= 0.6 is 0 Å². The van der Waals surface area contributed by atoms with Gasteiger partial charge in [-0.25, -0.2) is 0 Å². The second-order valence-corrected chi connectivity index (χ2v) is 9.60. The largest absolute Gasteiger partial charge is 0.0925 e. The first kappa shape index (κ1) is 18.9. The van der Waals surface area contributed by atoms with Gasteiger partial charge >= 0.3 is 0 Å². The lowest BCUT2D eigenvalue weighted by Gasteiger charge is -2.46. The van der Waals surface area contributed by atoms with Crippen LogP contribution in [0.4, 0.5) is 0 Å². The summed E-state index contributed by atoms with van der Waals surface area (Å²) >= 11 is 0. The average molecular weight is 339 g/mol. The Balaban J connectivity index is 1.66. The van der Waals surface area contributed by atoms with Crippen LogP contribution in [0.15, 0.2) is 0 Å². The van der Waals surface area contributed by atoms with Crippen molar-refractivity contribution in [1.29, 1.82) is 0 Å². The van der Waals surface area contributed by atoms with Gasteiger partial charge in [-0.3, -0.25) is 0 Å². The molecule has 138 valence electrons. The van der Waals surface area contributed by atoms with Gasteiger partial charge in [0.2, 0.25) is 0 Å². The highest BCUT2D eigenvalue weighted by Gasteiger charge is 2.43. The fourth-order valence-electron chi connectivity index (χ4n) is 6.05. The smallest absolute Gasteiger partial charge is 0.0353 e. The Kier molecular flexibility index (Phi) is 6.55. The van der Waals surface area contributed by atoms with Crippen LogP contribution < -0.4 is 0 Å². The summed E-state index contributed by atoms with van der Waals surface area (Å²) < 4.78 is 0. The Bertz CT molecular complexity index is 524. The van der Waals surface area contributed by atoms with Crippen molar-refractivity contribution in [2.75, 3.05) is 0 Å². The molecule has 3 saturated carbocycles. The molecule has 0 aliphatic heterocycles. The first-order valence-electron chi connectivity index (χ1n) is 11.1. The van der Waals surface area contributed by atoms with E-state index in [1.54, 1.807) is 0 Å². The highest BCUT2D eigenvalue weighted by molar-refractivity contribution is 5.29. The normalized spacial score (nSPS) is 41.8. The van der Waals surface area contributed by atoms with Gasteiger partial charge in [0.15, 0.2) is 0 Å². The van der Waals surface area contributed by atoms with Crippen molar-refractivity contribution in [3.05, 3.63) is 0 Å². The molecule has 0 bridgehead atoms. The van der Waals surface area contributed by atoms with Gasteiger partial charge in [-0.1, -0.05) is 51.4 Å². The molecule has 0 aromatic heterocycles. The zero-order chi connectivity index (χ0) is 17.7. The van der Waals surface area contributed by atoms with Crippen LogP contribution in [-0.4, -0.2) is 0 Å². The lowest BCUT2D eigenvalue weighted by Crippen LogP contribution is -2.37. The molecule has 0 aromatic carbocycles. The van der Waals surface area contributed by atoms with Gasteiger partial charge in [0.1, 0.15) is 0 Å².